The standard InChI is InChI=1S/C49H86O5/c1-3-5-7-9-11-13-15-17-19-21-23-24-26-28-30-32-34-36-38-40-42-44-49(52)54-47(45-50)46-53-48(51)43-41-39-37-35-33-31-29-27-25-22-20-18-16-14-12-10-8-6-4-2/h12,14,18,20,25,27,31,33,37,39,47,50H,3-11,13,15-17,19,21-24,26,28-30,32,34-36,38,40-46H2,1-2H3. The molecule has 5 heteroatoms. The SMILES string of the molecule is CCCCCC=CCC=CCC=CCC=CCC=CCCC(=O)OCC(CO)OC(=O)CCCCCCCCCCCCCCCCCCCCCCC. The second-order valence-corrected chi connectivity index (χ2v) is 15.1. The Balaban J connectivity index is 3.61. The Hall–Kier alpha value is -2.40. The van der Waals surface area contributed by atoms with Crippen LogP contribution in [0.25, 0.3) is 0 Å². The van der Waals surface area contributed by atoms with Crippen LogP contribution >= 0.6 is 0 Å². The number of rotatable bonds is 41. The van der Waals surface area contributed by atoms with E-state index in [2.05, 4.69) is 62.5 Å². The van der Waals surface area contributed by atoms with E-state index in [1.165, 1.54) is 141 Å². The van der Waals surface area contributed by atoms with E-state index in [4.69, 9.17) is 9.47 Å². The zero-order chi connectivity index (χ0) is 39.3. The number of aliphatic hydroxyl groups is 1. The molecular weight excluding hydrogens is 669 g/mol. The number of allylic oxidation sites excluding steroid dienone is 10. The molecule has 1 unspecified atom stereocenters. The summed E-state index contributed by atoms with van der Waals surface area (Å²) in [6.07, 6.45) is 58.8. The van der Waals surface area contributed by atoms with Gasteiger partial charge in [-0.3, -0.25) is 9.59 Å². The zero-order valence-electron chi connectivity index (χ0n) is 35.5. The van der Waals surface area contributed by atoms with E-state index in [0.29, 0.717) is 12.8 Å². The highest BCUT2D eigenvalue weighted by atomic mass is 16.6. The van der Waals surface area contributed by atoms with Crippen LogP contribution in [-0.4, -0.2) is 36.4 Å². The molecule has 0 aromatic carbocycles. The fourth-order valence-electron chi connectivity index (χ4n) is 6.36. The lowest BCUT2D eigenvalue weighted by Crippen LogP contribution is -2.28. The molecule has 0 saturated heterocycles. The van der Waals surface area contributed by atoms with Crippen LogP contribution in [0.2, 0.25) is 0 Å². The lowest BCUT2D eigenvalue weighted by Gasteiger charge is -2.15. The summed E-state index contributed by atoms with van der Waals surface area (Å²) in [5.41, 5.74) is 0. The predicted molar refractivity (Wildman–Crippen MR) is 233 cm³/mol. The zero-order valence-corrected chi connectivity index (χ0v) is 35.5. The minimum absolute atomic E-state index is 0.105. The maximum absolute atomic E-state index is 12.2. The Kier molecular flexibility index (Phi) is 43.0. The normalized spacial score (nSPS) is 12.7. The first-order valence-electron chi connectivity index (χ1n) is 22.8. The van der Waals surface area contributed by atoms with Crippen LogP contribution in [0.1, 0.15) is 219 Å². The first-order chi connectivity index (χ1) is 26.6. The fourth-order valence-corrected chi connectivity index (χ4v) is 6.36. The largest absolute Gasteiger partial charge is 0.462 e. The van der Waals surface area contributed by atoms with Crippen LogP contribution in [0, 0.1) is 0 Å². The van der Waals surface area contributed by atoms with Crippen LogP contribution in [0.5, 0.6) is 0 Å². The molecule has 312 valence electrons. The number of esters is 2. The summed E-state index contributed by atoms with van der Waals surface area (Å²) in [7, 11) is 0. The van der Waals surface area contributed by atoms with Crippen molar-refractivity contribution < 1.29 is 24.2 Å². The molecule has 0 saturated carbocycles. The highest BCUT2D eigenvalue weighted by Crippen LogP contribution is 2.15. The molecule has 0 aromatic rings. The minimum atomic E-state index is -0.802. The number of unbranched alkanes of at least 4 members (excludes halogenated alkanes) is 23. The molecule has 1 N–H and O–H groups in total. The highest BCUT2D eigenvalue weighted by molar-refractivity contribution is 5.70. The lowest BCUT2D eigenvalue weighted by atomic mass is 10.0. The smallest absolute Gasteiger partial charge is 0.306 e. The molecule has 0 aromatic heterocycles. The van der Waals surface area contributed by atoms with E-state index in [1.807, 2.05) is 12.2 Å². The molecule has 0 amide bonds. The van der Waals surface area contributed by atoms with E-state index in [9.17, 15) is 14.7 Å². The second-order valence-electron chi connectivity index (χ2n) is 15.1. The number of hydrogen-bond donors (Lipinski definition) is 1. The third-order valence-electron chi connectivity index (χ3n) is 9.83. The third kappa shape index (κ3) is 42.3. The molecule has 0 radical (unpaired) electrons. The van der Waals surface area contributed by atoms with E-state index >= 15 is 0 Å². The van der Waals surface area contributed by atoms with E-state index in [-0.39, 0.29) is 31.6 Å². The Bertz CT molecular complexity index is 946. The van der Waals surface area contributed by atoms with Crippen molar-refractivity contribution in [2.45, 2.75) is 225 Å². The van der Waals surface area contributed by atoms with Gasteiger partial charge in [-0.25, -0.2) is 0 Å². The first kappa shape index (κ1) is 51.6. The van der Waals surface area contributed by atoms with Crippen LogP contribution in [0.4, 0.5) is 0 Å². The van der Waals surface area contributed by atoms with Crippen molar-refractivity contribution >= 4 is 11.9 Å². The van der Waals surface area contributed by atoms with Crippen molar-refractivity contribution in [3.05, 3.63) is 60.8 Å². The molecule has 0 spiro atoms. The Morgan fingerprint density at radius 2 is 0.778 bits per heavy atom. The molecule has 0 aliphatic carbocycles. The van der Waals surface area contributed by atoms with Crippen LogP contribution in [0.15, 0.2) is 60.8 Å². The average molecular weight is 755 g/mol. The number of ether oxygens (including phenoxy) is 2. The molecule has 0 fully saturated rings. The summed E-state index contributed by atoms with van der Waals surface area (Å²) in [6, 6.07) is 0. The van der Waals surface area contributed by atoms with Gasteiger partial charge >= 0.3 is 11.9 Å². The molecule has 1 atom stereocenters. The van der Waals surface area contributed by atoms with Gasteiger partial charge in [-0.15, -0.1) is 0 Å². The second kappa shape index (κ2) is 45.0. The Morgan fingerprint density at radius 3 is 1.19 bits per heavy atom. The summed E-state index contributed by atoms with van der Waals surface area (Å²) < 4.78 is 10.6. The van der Waals surface area contributed by atoms with Gasteiger partial charge in [-0.2, -0.15) is 0 Å². The third-order valence-corrected chi connectivity index (χ3v) is 9.83. The van der Waals surface area contributed by atoms with E-state index in [0.717, 1.165) is 44.9 Å². The molecule has 0 bridgehead atoms. The first-order valence-corrected chi connectivity index (χ1v) is 22.8. The monoisotopic (exact) mass is 755 g/mol. The van der Waals surface area contributed by atoms with Gasteiger partial charge in [0, 0.05) is 12.8 Å². The van der Waals surface area contributed by atoms with Gasteiger partial charge < -0.3 is 14.6 Å². The Labute approximate surface area is 334 Å². The predicted octanol–water partition coefficient (Wildman–Crippen LogP) is 14.7. The summed E-state index contributed by atoms with van der Waals surface area (Å²) in [4.78, 5) is 24.3. The maximum atomic E-state index is 12.2. The number of hydrogen-bond acceptors (Lipinski definition) is 5. The molecule has 0 rings (SSSR count). The van der Waals surface area contributed by atoms with Crippen molar-refractivity contribution in [3.8, 4) is 0 Å². The topological polar surface area (TPSA) is 72.8 Å². The lowest BCUT2D eigenvalue weighted by molar-refractivity contribution is -0.161. The van der Waals surface area contributed by atoms with Gasteiger partial charge in [0.05, 0.1) is 6.61 Å². The van der Waals surface area contributed by atoms with Gasteiger partial charge in [0.15, 0.2) is 6.10 Å². The molecule has 54 heavy (non-hydrogen) atoms. The molecule has 0 aliphatic rings. The van der Waals surface area contributed by atoms with Gasteiger partial charge in [0.25, 0.3) is 0 Å². The van der Waals surface area contributed by atoms with Crippen molar-refractivity contribution in [2.75, 3.05) is 13.2 Å². The van der Waals surface area contributed by atoms with Crippen LogP contribution < -0.4 is 0 Å². The summed E-state index contributed by atoms with van der Waals surface area (Å²) in [5, 5.41) is 9.58. The van der Waals surface area contributed by atoms with Gasteiger partial charge in [0.1, 0.15) is 6.61 Å². The maximum Gasteiger partial charge on any atom is 0.306 e. The van der Waals surface area contributed by atoms with Crippen molar-refractivity contribution in [2.24, 2.45) is 0 Å². The highest BCUT2D eigenvalue weighted by Gasteiger charge is 2.15. The van der Waals surface area contributed by atoms with Crippen molar-refractivity contribution in [3.63, 3.8) is 0 Å². The van der Waals surface area contributed by atoms with Crippen molar-refractivity contribution in [1.29, 1.82) is 0 Å². The fraction of sp³-hybridized carbons (Fsp3) is 0.755. The number of carbonyl (C=O) groups excluding carboxylic acids is 2. The number of aliphatic hydroxyl groups excluding tert-OH is 1. The van der Waals surface area contributed by atoms with Gasteiger partial charge in [-0.1, -0.05) is 216 Å². The Morgan fingerprint density at radius 1 is 0.426 bits per heavy atom. The van der Waals surface area contributed by atoms with Crippen LogP contribution in [-0.2, 0) is 19.1 Å². The van der Waals surface area contributed by atoms with E-state index < -0.39 is 6.10 Å². The summed E-state index contributed by atoms with van der Waals surface area (Å²) in [6.45, 7) is 4.06. The molecule has 0 heterocycles. The van der Waals surface area contributed by atoms with Crippen LogP contribution in [0.3, 0.4) is 0 Å². The average Bonchev–Trinajstić information content (AvgIpc) is 3.17. The van der Waals surface area contributed by atoms with Gasteiger partial charge in [0.2, 0.25) is 0 Å². The van der Waals surface area contributed by atoms with Crippen molar-refractivity contribution in [1.82, 2.24) is 0 Å². The summed E-state index contributed by atoms with van der Waals surface area (Å²) in [5.74, 6) is -0.682. The molecule has 5 nitrogen and oxygen atoms in total. The number of carbonyl (C=O) groups is 2. The molecular formula is C49H86O5. The minimum Gasteiger partial charge on any atom is -0.462 e. The van der Waals surface area contributed by atoms with Gasteiger partial charge in [-0.05, 0) is 51.4 Å². The quantitative estimate of drug-likeness (QED) is 0.0382. The summed E-state index contributed by atoms with van der Waals surface area (Å²) >= 11 is 0. The van der Waals surface area contributed by atoms with E-state index in [1.54, 1.807) is 0 Å². The molecule has 0 aliphatic heterocycles.